The van der Waals surface area contributed by atoms with Crippen LogP contribution in [0.15, 0.2) is 0 Å². The van der Waals surface area contributed by atoms with Crippen molar-refractivity contribution in [3.63, 3.8) is 0 Å². The van der Waals surface area contributed by atoms with Gasteiger partial charge >= 0.3 is 11.4 Å². The average molecular weight is 147 g/mol. The van der Waals surface area contributed by atoms with Crippen molar-refractivity contribution in [3.05, 3.63) is 0 Å². The molecule has 1 saturated heterocycles. The molecule has 0 bridgehead atoms. The SMILES string of the molecule is FC(F)(F)C1(Cl)NO1. The van der Waals surface area contributed by atoms with Gasteiger partial charge in [0.25, 0.3) is 0 Å². The molecule has 6 heteroatoms. The summed E-state index contributed by atoms with van der Waals surface area (Å²) in [5.41, 5.74) is 1.49. The van der Waals surface area contributed by atoms with Crippen molar-refractivity contribution >= 4 is 11.6 Å². The maximum Gasteiger partial charge on any atom is 0.450 e. The van der Waals surface area contributed by atoms with Crippen LogP contribution in [0, 0.1) is 0 Å². The van der Waals surface area contributed by atoms with Crippen molar-refractivity contribution in [2.24, 2.45) is 0 Å². The van der Waals surface area contributed by atoms with Crippen molar-refractivity contribution in [2.45, 2.75) is 11.4 Å². The highest BCUT2D eigenvalue weighted by molar-refractivity contribution is 6.24. The Balaban J connectivity index is 2.58. The smallest absolute Gasteiger partial charge is 0.247 e. The van der Waals surface area contributed by atoms with E-state index in [4.69, 9.17) is 0 Å². The Hall–Kier alpha value is -0.0000000000000000416. The largest absolute Gasteiger partial charge is 0.450 e. The molecule has 48 valence electrons. The first-order chi connectivity index (χ1) is 3.46. The fraction of sp³-hybridized carbons (Fsp3) is 1.00. The molecule has 1 rings (SSSR count). The van der Waals surface area contributed by atoms with Gasteiger partial charge in [-0.1, -0.05) is 11.6 Å². The van der Waals surface area contributed by atoms with Crippen LogP contribution in [0.4, 0.5) is 13.2 Å². The zero-order valence-corrected chi connectivity index (χ0v) is 4.18. The lowest BCUT2D eigenvalue weighted by Gasteiger charge is -2.03. The van der Waals surface area contributed by atoms with Crippen molar-refractivity contribution in [1.29, 1.82) is 0 Å². The minimum Gasteiger partial charge on any atom is -0.247 e. The third kappa shape index (κ3) is 0.765. The molecule has 1 aliphatic heterocycles. The van der Waals surface area contributed by atoms with Gasteiger partial charge in [0.05, 0.1) is 0 Å². The molecule has 1 aliphatic rings. The van der Waals surface area contributed by atoms with Crippen LogP contribution < -0.4 is 5.48 Å². The molecule has 1 N–H and O–H groups in total. The maximum atomic E-state index is 11.3. The van der Waals surface area contributed by atoms with Crippen molar-refractivity contribution in [3.8, 4) is 0 Å². The van der Waals surface area contributed by atoms with E-state index in [1.165, 1.54) is 5.48 Å². The Morgan fingerprint density at radius 1 is 1.50 bits per heavy atom. The summed E-state index contributed by atoms with van der Waals surface area (Å²) in [4.78, 5) is 3.65. The second-order valence-corrected chi connectivity index (χ2v) is 1.83. The third-order valence-corrected chi connectivity index (χ3v) is 1.01. The molecule has 1 unspecified atom stereocenters. The molecule has 8 heavy (non-hydrogen) atoms. The van der Waals surface area contributed by atoms with Gasteiger partial charge in [-0.05, 0) is 0 Å². The Morgan fingerprint density at radius 3 is 1.88 bits per heavy atom. The number of hydroxylamine groups is 1. The lowest BCUT2D eigenvalue weighted by Crippen LogP contribution is -2.29. The summed E-state index contributed by atoms with van der Waals surface area (Å²) in [6.45, 7) is 0. The van der Waals surface area contributed by atoms with Crippen molar-refractivity contribution in [1.82, 2.24) is 5.48 Å². The number of hydrogen-bond acceptors (Lipinski definition) is 2. The topological polar surface area (TPSA) is 34.5 Å². The predicted molar refractivity (Wildman–Crippen MR) is 18.9 cm³/mol. The van der Waals surface area contributed by atoms with Gasteiger partial charge in [-0.15, -0.1) is 5.48 Å². The van der Waals surface area contributed by atoms with Gasteiger partial charge in [0.2, 0.25) is 0 Å². The number of alkyl halides is 4. The molecule has 0 saturated carbocycles. The minimum atomic E-state index is -4.52. The van der Waals surface area contributed by atoms with Crippen molar-refractivity contribution < 1.29 is 18.0 Å². The zero-order chi connectivity index (χ0) is 6.41. The van der Waals surface area contributed by atoms with Crippen LogP contribution in [0.2, 0.25) is 0 Å². The summed E-state index contributed by atoms with van der Waals surface area (Å²) in [7, 11) is 0. The van der Waals surface area contributed by atoms with E-state index in [1.54, 1.807) is 0 Å². The molecule has 0 amide bonds. The van der Waals surface area contributed by atoms with E-state index in [0.717, 1.165) is 0 Å². The Labute approximate surface area is 47.5 Å². The number of rotatable bonds is 0. The van der Waals surface area contributed by atoms with Crippen LogP contribution in [0.5, 0.6) is 0 Å². The Morgan fingerprint density at radius 2 is 1.88 bits per heavy atom. The number of hydrogen-bond donors (Lipinski definition) is 1. The Bertz CT molecular complexity index is 105. The molecule has 1 heterocycles. The van der Waals surface area contributed by atoms with Crippen molar-refractivity contribution in [2.75, 3.05) is 0 Å². The van der Waals surface area contributed by atoms with Gasteiger partial charge in [0.1, 0.15) is 0 Å². The number of nitrogens with one attached hydrogen (secondary N) is 1. The van der Waals surface area contributed by atoms with Gasteiger partial charge in [-0.2, -0.15) is 13.2 Å². The molecule has 0 spiro atoms. The van der Waals surface area contributed by atoms with E-state index in [-0.39, 0.29) is 0 Å². The molecule has 1 atom stereocenters. The minimum absolute atomic E-state index is 1.49. The van der Waals surface area contributed by atoms with Gasteiger partial charge in [-0.3, -0.25) is 0 Å². The van der Waals surface area contributed by atoms with E-state index in [2.05, 4.69) is 16.4 Å². The first-order valence-electron chi connectivity index (χ1n) is 1.66. The molecule has 0 aromatic carbocycles. The van der Waals surface area contributed by atoms with Gasteiger partial charge in [0.15, 0.2) is 0 Å². The maximum absolute atomic E-state index is 11.3. The van der Waals surface area contributed by atoms with E-state index >= 15 is 0 Å². The van der Waals surface area contributed by atoms with Crippen LogP contribution in [0.1, 0.15) is 0 Å². The van der Waals surface area contributed by atoms with Gasteiger partial charge in [-0.25, -0.2) is 4.84 Å². The molecule has 0 radical (unpaired) electrons. The zero-order valence-electron chi connectivity index (χ0n) is 3.42. The van der Waals surface area contributed by atoms with E-state index in [0.29, 0.717) is 0 Å². The summed E-state index contributed by atoms with van der Waals surface area (Å²) >= 11 is 4.66. The van der Waals surface area contributed by atoms with Crippen LogP contribution in [-0.2, 0) is 4.84 Å². The molecule has 2 nitrogen and oxygen atoms in total. The molecular formula is C2HClF3NO. The van der Waals surface area contributed by atoms with E-state index in [1.807, 2.05) is 0 Å². The molecule has 0 aromatic heterocycles. The highest BCUT2D eigenvalue weighted by Gasteiger charge is 2.66. The van der Waals surface area contributed by atoms with Gasteiger partial charge in [0, 0.05) is 0 Å². The standard InChI is InChI=1S/C2HClF3NO/c3-1(7-8-1)2(4,5)6/h7H. The first kappa shape index (κ1) is 6.12. The number of halogens is 4. The predicted octanol–water partition coefficient (Wildman–Crippen LogP) is 0.976. The monoisotopic (exact) mass is 147 g/mol. The Kier molecular flexibility index (Phi) is 0.984. The quantitative estimate of drug-likeness (QED) is 0.315. The summed E-state index contributed by atoms with van der Waals surface area (Å²) in [6.07, 6.45) is -4.52. The highest BCUT2D eigenvalue weighted by Crippen LogP contribution is 2.41. The normalized spacial score (nSPS) is 37.5. The molecule has 0 aromatic rings. The van der Waals surface area contributed by atoms with Gasteiger partial charge < -0.3 is 0 Å². The lowest BCUT2D eigenvalue weighted by molar-refractivity contribution is -0.159. The first-order valence-corrected chi connectivity index (χ1v) is 2.04. The molecule has 1 fully saturated rings. The summed E-state index contributed by atoms with van der Waals surface area (Å²) < 4.78 is 33.9. The molecular weight excluding hydrogens is 146 g/mol. The summed E-state index contributed by atoms with van der Waals surface area (Å²) in [5, 5.41) is -2.59. The summed E-state index contributed by atoms with van der Waals surface area (Å²) in [5.74, 6) is 0. The second-order valence-electron chi connectivity index (χ2n) is 1.30. The summed E-state index contributed by atoms with van der Waals surface area (Å²) in [6, 6.07) is 0. The fourth-order valence-electron chi connectivity index (χ4n) is 0.161. The fourth-order valence-corrected chi connectivity index (χ4v) is 0.199. The van der Waals surface area contributed by atoms with Crippen LogP contribution in [0.3, 0.4) is 0 Å². The van der Waals surface area contributed by atoms with Crippen LogP contribution in [0.25, 0.3) is 0 Å². The highest BCUT2D eigenvalue weighted by atomic mass is 35.5. The molecule has 0 aliphatic carbocycles. The average Bonchev–Trinajstić information content (AvgIpc) is 2.16. The van der Waals surface area contributed by atoms with Crippen LogP contribution in [-0.4, -0.2) is 11.4 Å². The second kappa shape index (κ2) is 1.29. The van der Waals surface area contributed by atoms with E-state index in [9.17, 15) is 13.2 Å². The lowest BCUT2D eigenvalue weighted by atomic mass is 10.6. The van der Waals surface area contributed by atoms with E-state index < -0.39 is 11.4 Å². The third-order valence-electron chi connectivity index (χ3n) is 0.646. The van der Waals surface area contributed by atoms with Crippen LogP contribution >= 0.6 is 11.6 Å².